The van der Waals surface area contributed by atoms with Crippen molar-refractivity contribution in [2.75, 3.05) is 0 Å². The van der Waals surface area contributed by atoms with Crippen LogP contribution in [0, 0.1) is 13.8 Å². The fourth-order valence-electron chi connectivity index (χ4n) is 2.23. The molecule has 2 rings (SSSR count). The van der Waals surface area contributed by atoms with E-state index in [1.807, 2.05) is 6.08 Å². The second kappa shape index (κ2) is 5.01. The lowest BCUT2D eigenvalue weighted by Crippen LogP contribution is -1.96. The predicted molar refractivity (Wildman–Crippen MR) is 75.3 cm³/mol. The molecule has 2 aromatic carbocycles. The van der Waals surface area contributed by atoms with Crippen LogP contribution in [0.1, 0.15) is 27.8 Å². The minimum atomic E-state index is 0.994. The van der Waals surface area contributed by atoms with Gasteiger partial charge in [0.25, 0.3) is 0 Å². The first-order valence-corrected chi connectivity index (χ1v) is 5.98. The molecule has 0 aliphatic carbocycles. The molecule has 0 unspecified atom stereocenters. The summed E-state index contributed by atoms with van der Waals surface area (Å²) in [6, 6.07) is 15.0. The number of benzene rings is 2. The lowest BCUT2D eigenvalue weighted by molar-refractivity contribution is 1.14. The molecule has 0 nitrogen and oxygen atoms in total. The van der Waals surface area contributed by atoms with Gasteiger partial charge in [-0.15, -0.1) is 0 Å². The fourth-order valence-corrected chi connectivity index (χ4v) is 2.23. The highest BCUT2D eigenvalue weighted by atomic mass is 14.1. The second-order valence-corrected chi connectivity index (χ2v) is 4.45. The molecule has 0 aromatic heterocycles. The van der Waals surface area contributed by atoms with Crippen molar-refractivity contribution >= 4 is 6.08 Å². The average Bonchev–Trinajstić information content (AvgIpc) is 2.35. The van der Waals surface area contributed by atoms with Crippen molar-refractivity contribution in [1.82, 2.24) is 0 Å². The minimum absolute atomic E-state index is 0.994. The average molecular weight is 222 g/mol. The van der Waals surface area contributed by atoms with Crippen LogP contribution < -0.4 is 0 Å². The predicted octanol–water partition coefficient (Wildman–Crippen LogP) is 4.54. The van der Waals surface area contributed by atoms with Crippen molar-refractivity contribution < 1.29 is 0 Å². The summed E-state index contributed by atoms with van der Waals surface area (Å²) < 4.78 is 0. The van der Waals surface area contributed by atoms with E-state index in [0.717, 1.165) is 6.42 Å². The summed E-state index contributed by atoms with van der Waals surface area (Å²) in [7, 11) is 0. The highest BCUT2D eigenvalue weighted by Crippen LogP contribution is 2.21. The van der Waals surface area contributed by atoms with E-state index in [1.54, 1.807) is 0 Å². The molecule has 0 saturated heterocycles. The summed E-state index contributed by atoms with van der Waals surface area (Å²) in [5.74, 6) is 0. The molecule has 0 atom stereocenters. The lowest BCUT2D eigenvalue weighted by Gasteiger charge is -2.11. The van der Waals surface area contributed by atoms with Gasteiger partial charge in [0, 0.05) is 0 Å². The number of hydrogen-bond acceptors (Lipinski definition) is 0. The molecule has 0 heteroatoms. The summed E-state index contributed by atoms with van der Waals surface area (Å²) in [6.07, 6.45) is 2.95. The Balaban J connectivity index is 2.37. The van der Waals surface area contributed by atoms with E-state index in [2.05, 4.69) is 62.9 Å². The Morgan fingerprint density at radius 3 is 2.35 bits per heavy atom. The summed E-state index contributed by atoms with van der Waals surface area (Å²) >= 11 is 0. The zero-order valence-electron chi connectivity index (χ0n) is 10.5. The van der Waals surface area contributed by atoms with Crippen molar-refractivity contribution in [3.8, 4) is 0 Å². The van der Waals surface area contributed by atoms with E-state index in [9.17, 15) is 0 Å². The first kappa shape index (κ1) is 11.7. The van der Waals surface area contributed by atoms with Gasteiger partial charge in [-0.3, -0.25) is 0 Å². The van der Waals surface area contributed by atoms with Gasteiger partial charge in [0.05, 0.1) is 0 Å². The van der Waals surface area contributed by atoms with Gasteiger partial charge >= 0.3 is 0 Å². The van der Waals surface area contributed by atoms with Crippen LogP contribution in [0.5, 0.6) is 0 Å². The van der Waals surface area contributed by atoms with Crippen molar-refractivity contribution in [3.05, 3.63) is 76.9 Å². The molecule has 0 heterocycles. The standard InChI is InChI=1S/C17H18/c1-4-17-13(2)10-11-16(14(17)3)12-15-8-6-5-7-9-15/h4-11H,1,12H2,2-3H3. The van der Waals surface area contributed by atoms with E-state index >= 15 is 0 Å². The van der Waals surface area contributed by atoms with E-state index in [1.165, 1.54) is 27.8 Å². The van der Waals surface area contributed by atoms with E-state index in [4.69, 9.17) is 0 Å². The van der Waals surface area contributed by atoms with Gasteiger partial charge in [-0.2, -0.15) is 0 Å². The molecule has 0 bridgehead atoms. The maximum Gasteiger partial charge on any atom is -0.00229 e. The van der Waals surface area contributed by atoms with Crippen LogP contribution in [-0.4, -0.2) is 0 Å². The number of rotatable bonds is 3. The molecule has 0 aliphatic rings. The molecule has 0 fully saturated rings. The van der Waals surface area contributed by atoms with Crippen LogP contribution in [0.15, 0.2) is 49.0 Å². The number of hydrogen-bond donors (Lipinski definition) is 0. The molecule has 0 radical (unpaired) electrons. The van der Waals surface area contributed by atoms with Crippen LogP contribution in [-0.2, 0) is 6.42 Å². The normalized spacial score (nSPS) is 10.2. The van der Waals surface area contributed by atoms with Gasteiger partial charge in [0.2, 0.25) is 0 Å². The van der Waals surface area contributed by atoms with Gasteiger partial charge in [0.15, 0.2) is 0 Å². The lowest BCUT2D eigenvalue weighted by atomic mass is 9.94. The van der Waals surface area contributed by atoms with Crippen LogP contribution in [0.25, 0.3) is 6.08 Å². The van der Waals surface area contributed by atoms with E-state index < -0.39 is 0 Å². The number of aryl methyl sites for hydroxylation is 1. The first-order chi connectivity index (χ1) is 8.22. The molecule has 0 spiro atoms. The van der Waals surface area contributed by atoms with Crippen molar-refractivity contribution in [3.63, 3.8) is 0 Å². The third-order valence-corrected chi connectivity index (χ3v) is 3.29. The molecule has 0 amide bonds. The molecular formula is C17H18. The van der Waals surface area contributed by atoms with Crippen molar-refractivity contribution in [2.45, 2.75) is 20.3 Å². The quantitative estimate of drug-likeness (QED) is 0.715. The van der Waals surface area contributed by atoms with Crippen LogP contribution in [0.4, 0.5) is 0 Å². The molecule has 0 saturated carbocycles. The molecular weight excluding hydrogens is 204 g/mol. The maximum absolute atomic E-state index is 3.90. The summed E-state index contributed by atoms with van der Waals surface area (Å²) in [4.78, 5) is 0. The largest absolute Gasteiger partial charge is 0.0985 e. The van der Waals surface area contributed by atoms with Gasteiger partial charge in [-0.05, 0) is 48.1 Å². The Labute approximate surface area is 104 Å². The van der Waals surface area contributed by atoms with E-state index in [-0.39, 0.29) is 0 Å². The zero-order valence-corrected chi connectivity index (χ0v) is 10.5. The van der Waals surface area contributed by atoms with Crippen LogP contribution in [0.2, 0.25) is 0 Å². The first-order valence-electron chi connectivity index (χ1n) is 5.98. The smallest absolute Gasteiger partial charge is 0.00229 e. The zero-order chi connectivity index (χ0) is 12.3. The Bertz CT molecular complexity index is 521. The third kappa shape index (κ3) is 2.47. The van der Waals surface area contributed by atoms with Gasteiger partial charge < -0.3 is 0 Å². The molecule has 2 aromatic rings. The molecule has 0 N–H and O–H groups in total. The SMILES string of the molecule is C=Cc1c(C)ccc(Cc2ccccc2)c1C. The van der Waals surface area contributed by atoms with Gasteiger partial charge in [-0.1, -0.05) is 55.1 Å². The Morgan fingerprint density at radius 2 is 1.71 bits per heavy atom. The second-order valence-electron chi connectivity index (χ2n) is 4.45. The highest BCUT2D eigenvalue weighted by Gasteiger charge is 2.05. The van der Waals surface area contributed by atoms with Gasteiger partial charge in [-0.25, -0.2) is 0 Å². The summed E-state index contributed by atoms with van der Waals surface area (Å²) in [5, 5.41) is 0. The molecule has 17 heavy (non-hydrogen) atoms. The summed E-state index contributed by atoms with van der Waals surface area (Å²) in [6.45, 7) is 8.22. The fraction of sp³-hybridized carbons (Fsp3) is 0.176. The van der Waals surface area contributed by atoms with E-state index in [0.29, 0.717) is 0 Å². The van der Waals surface area contributed by atoms with Crippen molar-refractivity contribution in [2.24, 2.45) is 0 Å². The monoisotopic (exact) mass is 222 g/mol. The maximum atomic E-state index is 3.90. The molecule has 0 aliphatic heterocycles. The van der Waals surface area contributed by atoms with Crippen LogP contribution >= 0.6 is 0 Å². The Morgan fingerprint density at radius 1 is 1.00 bits per heavy atom. The summed E-state index contributed by atoms with van der Waals surface area (Å²) in [5.41, 5.74) is 6.67. The minimum Gasteiger partial charge on any atom is -0.0985 e. The molecule has 86 valence electrons. The van der Waals surface area contributed by atoms with Gasteiger partial charge in [0.1, 0.15) is 0 Å². The van der Waals surface area contributed by atoms with Crippen LogP contribution in [0.3, 0.4) is 0 Å². The topological polar surface area (TPSA) is 0 Å². The highest BCUT2D eigenvalue weighted by molar-refractivity contribution is 5.58. The Hall–Kier alpha value is -1.82. The Kier molecular flexibility index (Phi) is 3.43. The van der Waals surface area contributed by atoms with Crippen molar-refractivity contribution in [1.29, 1.82) is 0 Å². The third-order valence-electron chi connectivity index (χ3n) is 3.29.